The zero-order chi connectivity index (χ0) is 9.10. The minimum Gasteiger partial charge on any atom is -0.449 e. The van der Waals surface area contributed by atoms with E-state index in [1.807, 2.05) is 0 Å². The molecule has 1 saturated heterocycles. The first-order valence-corrected chi connectivity index (χ1v) is 4.66. The average Bonchev–Trinajstić information content (AvgIpc) is 2.76. The lowest BCUT2D eigenvalue weighted by Gasteiger charge is -2.05. The van der Waals surface area contributed by atoms with Gasteiger partial charge >= 0.3 is 0 Å². The number of hydrogen-bond donors (Lipinski definition) is 2. The third-order valence-corrected chi connectivity index (χ3v) is 2.34. The second-order valence-corrected chi connectivity index (χ2v) is 3.39. The summed E-state index contributed by atoms with van der Waals surface area (Å²) in [4.78, 5) is 4.14. The van der Waals surface area contributed by atoms with E-state index in [4.69, 9.17) is 9.52 Å². The molecule has 1 unspecified atom stereocenters. The van der Waals surface area contributed by atoms with Crippen molar-refractivity contribution in [1.29, 1.82) is 0 Å². The largest absolute Gasteiger partial charge is 0.449 e. The van der Waals surface area contributed by atoms with Gasteiger partial charge in [0.2, 0.25) is 0 Å². The zero-order valence-electron chi connectivity index (χ0n) is 7.49. The summed E-state index contributed by atoms with van der Waals surface area (Å²) < 4.78 is 5.21. The molecule has 1 aromatic rings. The summed E-state index contributed by atoms with van der Waals surface area (Å²) in [5.41, 5.74) is 0.619. The summed E-state index contributed by atoms with van der Waals surface area (Å²) >= 11 is 0. The van der Waals surface area contributed by atoms with E-state index in [1.54, 1.807) is 0 Å². The molecule has 0 radical (unpaired) electrons. The summed E-state index contributed by atoms with van der Waals surface area (Å²) in [6.45, 7) is 1.06. The molecule has 0 spiro atoms. The van der Waals surface area contributed by atoms with Crippen molar-refractivity contribution in [2.24, 2.45) is 0 Å². The molecule has 4 nitrogen and oxygen atoms in total. The molecule has 72 valence electrons. The number of oxazole rings is 1. The van der Waals surface area contributed by atoms with E-state index in [9.17, 15) is 0 Å². The van der Waals surface area contributed by atoms with Gasteiger partial charge in [0.05, 0.1) is 6.61 Å². The van der Waals surface area contributed by atoms with Gasteiger partial charge in [-0.2, -0.15) is 0 Å². The van der Waals surface area contributed by atoms with Crippen LogP contribution >= 0.6 is 0 Å². The fourth-order valence-electron chi connectivity index (χ4n) is 1.66. The number of nitrogens with zero attached hydrogens (tertiary/aromatic N) is 1. The number of aliphatic hydroxyl groups excluding tert-OH is 1. The standard InChI is InChI=1S/C9H14N2O2/c12-5-8-6-13-9(11-8)4-7-2-1-3-10-7/h6-7,10,12H,1-5H2. The molecule has 2 rings (SSSR count). The quantitative estimate of drug-likeness (QED) is 0.713. The highest BCUT2D eigenvalue weighted by atomic mass is 16.3. The molecular weight excluding hydrogens is 168 g/mol. The van der Waals surface area contributed by atoms with Crippen molar-refractivity contribution < 1.29 is 9.52 Å². The van der Waals surface area contributed by atoms with Gasteiger partial charge in [0, 0.05) is 12.5 Å². The minimum atomic E-state index is -0.0401. The van der Waals surface area contributed by atoms with Crippen molar-refractivity contribution in [1.82, 2.24) is 10.3 Å². The number of nitrogens with one attached hydrogen (secondary N) is 1. The number of hydrogen-bond acceptors (Lipinski definition) is 4. The van der Waals surface area contributed by atoms with Gasteiger partial charge in [-0.3, -0.25) is 0 Å². The number of rotatable bonds is 3. The fraction of sp³-hybridized carbons (Fsp3) is 0.667. The predicted octanol–water partition coefficient (Wildman–Crippen LogP) is 0.461. The maximum absolute atomic E-state index is 8.77. The fourth-order valence-corrected chi connectivity index (χ4v) is 1.66. The van der Waals surface area contributed by atoms with Crippen molar-refractivity contribution in [2.45, 2.75) is 31.9 Å². The van der Waals surface area contributed by atoms with Crippen LogP contribution in [0.4, 0.5) is 0 Å². The second kappa shape index (κ2) is 3.89. The lowest BCUT2D eigenvalue weighted by atomic mass is 10.2. The number of aromatic nitrogens is 1. The Hall–Kier alpha value is -0.870. The van der Waals surface area contributed by atoms with E-state index < -0.39 is 0 Å². The summed E-state index contributed by atoms with van der Waals surface area (Å²) in [6.07, 6.45) is 4.78. The highest BCUT2D eigenvalue weighted by Gasteiger charge is 2.16. The molecule has 0 bridgehead atoms. The average molecular weight is 182 g/mol. The maximum Gasteiger partial charge on any atom is 0.195 e. The monoisotopic (exact) mass is 182 g/mol. The van der Waals surface area contributed by atoms with Crippen LogP contribution in [0.1, 0.15) is 24.4 Å². The van der Waals surface area contributed by atoms with E-state index in [-0.39, 0.29) is 6.61 Å². The molecule has 4 heteroatoms. The lowest BCUT2D eigenvalue weighted by Crippen LogP contribution is -2.23. The van der Waals surface area contributed by atoms with Crippen LogP contribution < -0.4 is 5.32 Å². The van der Waals surface area contributed by atoms with Gasteiger partial charge in [0.25, 0.3) is 0 Å². The van der Waals surface area contributed by atoms with Crippen LogP contribution in [0.5, 0.6) is 0 Å². The third kappa shape index (κ3) is 2.08. The van der Waals surface area contributed by atoms with Crippen LogP contribution in [0.15, 0.2) is 10.7 Å². The van der Waals surface area contributed by atoms with Crippen LogP contribution in [0.2, 0.25) is 0 Å². The van der Waals surface area contributed by atoms with Crippen molar-refractivity contribution in [3.8, 4) is 0 Å². The Kier molecular flexibility index (Phi) is 2.61. The first-order valence-electron chi connectivity index (χ1n) is 4.66. The van der Waals surface area contributed by atoms with E-state index in [1.165, 1.54) is 19.1 Å². The molecule has 1 fully saturated rings. The summed E-state index contributed by atoms with van der Waals surface area (Å²) in [6, 6.07) is 0.505. The Morgan fingerprint density at radius 3 is 3.23 bits per heavy atom. The minimum absolute atomic E-state index is 0.0401. The third-order valence-electron chi connectivity index (χ3n) is 2.34. The van der Waals surface area contributed by atoms with Crippen LogP contribution in [0.3, 0.4) is 0 Å². The first-order chi connectivity index (χ1) is 6.38. The van der Waals surface area contributed by atoms with E-state index in [2.05, 4.69) is 10.3 Å². The molecule has 0 saturated carbocycles. The molecule has 1 atom stereocenters. The molecular formula is C9H14N2O2. The lowest BCUT2D eigenvalue weighted by molar-refractivity contribution is 0.276. The Labute approximate surface area is 77.0 Å². The maximum atomic E-state index is 8.77. The van der Waals surface area contributed by atoms with Gasteiger partial charge in [-0.15, -0.1) is 0 Å². The molecule has 2 heterocycles. The summed E-state index contributed by atoms with van der Waals surface area (Å²) in [5.74, 6) is 0.725. The zero-order valence-corrected chi connectivity index (χ0v) is 7.49. The van der Waals surface area contributed by atoms with Gasteiger partial charge in [0.15, 0.2) is 5.89 Å². The topological polar surface area (TPSA) is 58.3 Å². The smallest absolute Gasteiger partial charge is 0.195 e. The van der Waals surface area contributed by atoms with Gasteiger partial charge in [-0.25, -0.2) is 4.98 Å². The van der Waals surface area contributed by atoms with E-state index in [0.717, 1.165) is 18.9 Å². The highest BCUT2D eigenvalue weighted by molar-refractivity contribution is 4.97. The molecule has 0 amide bonds. The summed E-state index contributed by atoms with van der Waals surface area (Å²) in [5, 5.41) is 12.1. The Morgan fingerprint density at radius 1 is 1.69 bits per heavy atom. The molecule has 13 heavy (non-hydrogen) atoms. The van der Waals surface area contributed by atoms with Crippen molar-refractivity contribution >= 4 is 0 Å². The van der Waals surface area contributed by atoms with Crippen LogP contribution in [0, 0.1) is 0 Å². The van der Waals surface area contributed by atoms with Gasteiger partial charge in [-0.1, -0.05) is 0 Å². The van der Waals surface area contributed by atoms with Gasteiger partial charge in [0.1, 0.15) is 12.0 Å². The van der Waals surface area contributed by atoms with Crippen LogP contribution in [-0.2, 0) is 13.0 Å². The molecule has 0 aliphatic carbocycles. The van der Waals surface area contributed by atoms with Crippen molar-refractivity contribution in [3.63, 3.8) is 0 Å². The van der Waals surface area contributed by atoms with Crippen LogP contribution in [-0.4, -0.2) is 22.7 Å². The highest BCUT2D eigenvalue weighted by Crippen LogP contribution is 2.11. The molecule has 1 aliphatic heterocycles. The number of aliphatic hydroxyl groups is 1. The Balaban J connectivity index is 1.92. The van der Waals surface area contributed by atoms with Gasteiger partial charge < -0.3 is 14.8 Å². The van der Waals surface area contributed by atoms with E-state index >= 15 is 0 Å². The molecule has 1 aliphatic rings. The Morgan fingerprint density at radius 2 is 2.62 bits per heavy atom. The molecule has 2 N–H and O–H groups in total. The summed E-state index contributed by atoms with van der Waals surface area (Å²) in [7, 11) is 0. The normalized spacial score (nSPS) is 22.4. The molecule has 1 aromatic heterocycles. The van der Waals surface area contributed by atoms with Crippen LogP contribution in [0.25, 0.3) is 0 Å². The van der Waals surface area contributed by atoms with Crippen molar-refractivity contribution in [2.75, 3.05) is 6.54 Å². The SMILES string of the molecule is OCc1coc(CC2CCCN2)n1. The first kappa shape index (κ1) is 8.72. The van der Waals surface area contributed by atoms with Crippen molar-refractivity contribution in [3.05, 3.63) is 17.8 Å². The second-order valence-electron chi connectivity index (χ2n) is 3.39. The molecule has 0 aromatic carbocycles. The van der Waals surface area contributed by atoms with Gasteiger partial charge in [-0.05, 0) is 19.4 Å². The predicted molar refractivity (Wildman–Crippen MR) is 47.2 cm³/mol. The van der Waals surface area contributed by atoms with E-state index in [0.29, 0.717) is 11.7 Å². The Bertz CT molecular complexity index is 266.